The Balaban J connectivity index is 2.49. The molecule has 0 unspecified atom stereocenters. The fourth-order valence-electron chi connectivity index (χ4n) is 1.49. The van der Waals surface area contributed by atoms with E-state index in [0.717, 1.165) is 0 Å². The van der Waals surface area contributed by atoms with Crippen molar-refractivity contribution in [3.63, 3.8) is 0 Å². The minimum Gasteiger partial charge on any atom is -0.504 e. The molecule has 0 spiro atoms. The molecular formula is C11H10N2O4. The highest BCUT2D eigenvalue weighted by molar-refractivity contribution is 5.87. The van der Waals surface area contributed by atoms with Gasteiger partial charge in [-0.25, -0.2) is 4.79 Å². The van der Waals surface area contributed by atoms with E-state index in [-0.39, 0.29) is 17.2 Å². The van der Waals surface area contributed by atoms with Crippen molar-refractivity contribution in [2.75, 3.05) is 0 Å². The first-order valence-corrected chi connectivity index (χ1v) is 4.80. The molecule has 0 aliphatic heterocycles. The summed E-state index contributed by atoms with van der Waals surface area (Å²) in [5, 5.41) is 33.8. The summed E-state index contributed by atoms with van der Waals surface area (Å²) in [5.41, 5.74) is 1.37. The van der Waals surface area contributed by atoms with Crippen LogP contribution in [0.5, 0.6) is 11.5 Å². The first kappa shape index (κ1) is 11.0. The Bertz CT molecular complexity index is 566. The number of rotatable bonds is 2. The zero-order valence-corrected chi connectivity index (χ0v) is 8.93. The molecule has 2 rings (SSSR count). The van der Waals surface area contributed by atoms with Crippen molar-refractivity contribution < 1.29 is 20.1 Å². The van der Waals surface area contributed by atoms with E-state index in [2.05, 4.69) is 10.2 Å². The fraction of sp³-hybridized carbons (Fsp3) is 0.0909. The van der Waals surface area contributed by atoms with Crippen LogP contribution in [0.4, 0.5) is 0 Å². The Labute approximate surface area is 96.2 Å². The van der Waals surface area contributed by atoms with Gasteiger partial charge in [0.15, 0.2) is 11.5 Å². The lowest BCUT2D eigenvalue weighted by molar-refractivity contribution is 0.0690. The lowest BCUT2D eigenvalue weighted by atomic mass is 10.1. The lowest BCUT2D eigenvalue weighted by Gasteiger charge is -2.04. The van der Waals surface area contributed by atoms with Gasteiger partial charge < -0.3 is 15.3 Å². The fourth-order valence-corrected chi connectivity index (χ4v) is 1.49. The number of aromatic hydroxyl groups is 2. The predicted molar refractivity (Wildman–Crippen MR) is 59.0 cm³/mol. The molecule has 0 fully saturated rings. The number of aromatic carboxylic acids is 1. The van der Waals surface area contributed by atoms with Crippen molar-refractivity contribution in [3.8, 4) is 22.8 Å². The highest BCUT2D eigenvalue weighted by Gasteiger charge is 2.12. The molecule has 1 aromatic heterocycles. The van der Waals surface area contributed by atoms with Gasteiger partial charge in [0.25, 0.3) is 0 Å². The number of aryl methyl sites for hydroxylation is 1. The maximum atomic E-state index is 10.7. The van der Waals surface area contributed by atoms with Gasteiger partial charge in [0.05, 0.1) is 5.69 Å². The van der Waals surface area contributed by atoms with Crippen LogP contribution in [0.1, 0.15) is 16.1 Å². The molecule has 4 N–H and O–H groups in total. The normalized spacial score (nSPS) is 10.4. The zero-order valence-electron chi connectivity index (χ0n) is 8.93. The first-order valence-electron chi connectivity index (χ1n) is 4.80. The van der Waals surface area contributed by atoms with Gasteiger partial charge in [-0.15, -0.1) is 0 Å². The summed E-state index contributed by atoms with van der Waals surface area (Å²) in [6, 6.07) is 4.29. The van der Waals surface area contributed by atoms with Crippen molar-refractivity contribution in [1.29, 1.82) is 0 Å². The number of phenols is 2. The van der Waals surface area contributed by atoms with Crippen LogP contribution in [0, 0.1) is 6.92 Å². The van der Waals surface area contributed by atoms with Gasteiger partial charge in [-0.2, -0.15) is 5.10 Å². The zero-order chi connectivity index (χ0) is 12.6. The van der Waals surface area contributed by atoms with E-state index in [1.807, 2.05) is 0 Å². The molecule has 0 amide bonds. The Morgan fingerprint density at radius 1 is 1.29 bits per heavy atom. The van der Waals surface area contributed by atoms with Crippen LogP contribution in [-0.4, -0.2) is 31.5 Å². The number of H-pyrrole nitrogens is 1. The smallest absolute Gasteiger partial charge is 0.353 e. The van der Waals surface area contributed by atoms with Crippen molar-refractivity contribution in [2.24, 2.45) is 0 Å². The van der Waals surface area contributed by atoms with Gasteiger partial charge in [0.2, 0.25) is 0 Å². The maximum Gasteiger partial charge on any atom is 0.353 e. The molecule has 0 atom stereocenters. The number of hydrogen-bond donors (Lipinski definition) is 4. The Kier molecular flexibility index (Phi) is 2.47. The number of carboxylic acids is 1. The lowest BCUT2D eigenvalue weighted by Crippen LogP contribution is -1.95. The number of carbonyl (C=O) groups is 1. The average molecular weight is 234 g/mol. The SMILES string of the molecule is Cc1cc(-c2cc(C(=O)O)[nH]n2)cc(O)c1O. The van der Waals surface area contributed by atoms with Crippen molar-refractivity contribution in [2.45, 2.75) is 6.92 Å². The quantitative estimate of drug-likeness (QED) is 0.589. The van der Waals surface area contributed by atoms with Gasteiger partial charge >= 0.3 is 5.97 Å². The Hall–Kier alpha value is -2.50. The molecule has 1 heterocycles. The molecule has 1 aromatic carbocycles. The number of phenolic OH excluding ortho intramolecular Hbond substituents is 2. The number of nitrogens with zero attached hydrogens (tertiary/aromatic N) is 1. The Morgan fingerprint density at radius 2 is 2.00 bits per heavy atom. The molecule has 0 aliphatic carbocycles. The summed E-state index contributed by atoms with van der Waals surface area (Å²) < 4.78 is 0. The van der Waals surface area contributed by atoms with E-state index in [9.17, 15) is 15.0 Å². The standard InChI is InChI=1S/C11H10N2O4/c1-5-2-6(3-9(14)10(5)15)7-4-8(11(16)17)13-12-7/h2-4,14-15H,1H3,(H,12,13)(H,16,17). The average Bonchev–Trinajstić information content (AvgIpc) is 2.74. The van der Waals surface area contributed by atoms with Gasteiger partial charge in [-0.05, 0) is 30.7 Å². The van der Waals surface area contributed by atoms with Gasteiger partial charge in [0, 0.05) is 5.56 Å². The molecule has 6 heteroatoms. The number of aromatic nitrogens is 2. The van der Waals surface area contributed by atoms with Crippen molar-refractivity contribution in [1.82, 2.24) is 10.2 Å². The van der Waals surface area contributed by atoms with Crippen LogP contribution in [-0.2, 0) is 0 Å². The van der Waals surface area contributed by atoms with Crippen LogP contribution in [0.2, 0.25) is 0 Å². The van der Waals surface area contributed by atoms with Crippen LogP contribution in [0.25, 0.3) is 11.3 Å². The van der Waals surface area contributed by atoms with E-state index in [1.54, 1.807) is 13.0 Å². The second kappa shape index (κ2) is 3.82. The number of hydrogen-bond acceptors (Lipinski definition) is 4. The highest BCUT2D eigenvalue weighted by atomic mass is 16.4. The Morgan fingerprint density at radius 3 is 2.53 bits per heavy atom. The summed E-state index contributed by atoms with van der Waals surface area (Å²) in [6.45, 7) is 1.63. The summed E-state index contributed by atoms with van der Waals surface area (Å²) in [5.74, 6) is -1.56. The van der Waals surface area contributed by atoms with Crippen LogP contribution >= 0.6 is 0 Å². The monoisotopic (exact) mass is 234 g/mol. The topological polar surface area (TPSA) is 106 Å². The third-order valence-corrected chi connectivity index (χ3v) is 2.38. The highest BCUT2D eigenvalue weighted by Crippen LogP contribution is 2.33. The molecular weight excluding hydrogens is 224 g/mol. The van der Waals surface area contributed by atoms with E-state index < -0.39 is 5.97 Å². The molecule has 0 radical (unpaired) electrons. The second-order valence-electron chi connectivity index (χ2n) is 3.63. The van der Waals surface area contributed by atoms with E-state index in [0.29, 0.717) is 16.8 Å². The molecule has 0 saturated carbocycles. The van der Waals surface area contributed by atoms with Crippen molar-refractivity contribution in [3.05, 3.63) is 29.5 Å². The van der Waals surface area contributed by atoms with Gasteiger partial charge in [-0.1, -0.05) is 0 Å². The summed E-state index contributed by atoms with van der Waals surface area (Å²) in [7, 11) is 0. The summed E-state index contributed by atoms with van der Waals surface area (Å²) in [4.78, 5) is 10.7. The molecule has 0 saturated heterocycles. The van der Waals surface area contributed by atoms with E-state index in [1.165, 1.54) is 12.1 Å². The van der Waals surface area contributed by atoms with Crippen molar-refractivity contribution >= 4 is 5.97 Å². The minimum atomic E-state index is -1.11. The molecule has 2 aromatic rings. The van der Waals surface area contributed by atoms with Gasteiger partial charge in [0.1, 0.15) is 5.69 Å². The predicted octanol–water partition coefficient (Wildman–Crippen LogP) is 1.49. The molecule has 88 valence electrons. The van der Waals surface area contributed by atoms with Gasteiger partial charge in [-0.3, -0.25) is 5.10 Å². The number of aromatic amines is 1. The first-order chi connectivity index (χ1) is 7.99. The third kappa shape index (κ3) is 1.92. The molecule has 6 nitrogen and oxygen atoms in total. The third-order valence-electron chi connectivity index (χ3n) is 2.38. The van der Waals surface area contributed by atoms with Crippen LogP contribution in [0.3, 0.4) is 0 Å². The summed E-state index contributed by atoms with van der Waals surface area (Å²) in [6.07, 6.45) is 0. The summed E-state index contributed by atoms with van der Waals surface area (Å²) >= 11 is 0. The largest absolute Gasteiger partial charge is 0.504 e. The number of nitrogens with one attached hydrogen (secondary N) is 1. The van der Waals surface area contributed by atoms with Crippen LogP contribution in [0.15, 0.2) is 18.2 Å². The number of carboxylic acid groups (broad SMARTS) is 1. The molecule has 0 bridgehead atoms. The van der Waals surface area contributed by atoms with Crippen LogP contribution < -0.4 is 0 Å². The second-order valence-corrected chi connectivity index (χ2v) is 3.63. The molecule has 0 aliphatic rings. The minimum absolute atomic E-state index is 0.0368. The number of benzene rings is 1. The van der Waals surface area contributed by atoms with E-state index >= 15 is 0 Å². The maximum absolute atomic E-state index is 10.7. The molecule has 17 heavy (non-hydrogen) atoms. The van der Waals surface area contributed by atoms with E-state index in [4.69, 9.17) is 5.11 Å².